The van der Waals surface area contributed by atoms with E-state index in [1.807, 2.05) is 37.9 Å². The zero-order valence-corrected chi connectivity index (χ0v) is 25.9. The maximum Gasteiger partial charge on any atom is 0.416 e. The molecular weight excluding hydrogens is 617 g/mol. The monoisotopic (exact) mass is 655 g/mol. The molecule has 7 nitrogen and oxygen atoms in total. The Morgan fingerprint density at radius 2 is 1.36 bits per heavy atom. The highest BCUT2D eigenvalue weighted by Crippen LogP contribution is 2.38. The molecule has 0 spiro atoms. The summed E-state index contributed by atoms with van der Waals surface area (Å²) in [6.45, 7) is 2.49. The minimum absolute atomic E-state index is 0.0294. The lowest BCUT2D eigenvalue weighted by Gasteiger charge is -2.32. The highest BCUT2D eigenvalue weighted by atomic mass is 19.4. The van der Waals surface area contributed by atoms with E-state index in [1.165, 1.54) is 28.2 Å². The maximum absolute atomic E-state index is 13.9. The summed E-state index contributed by atoms with van der Waals surface area (Å²) < 4.78 is 123. The summed E-state index contributed by atoms with van der Waals surface area (Å²) >= 11 is 0. The lowest BCUT2D eigenvalue weighted by atomic mass is 9.94. The van der Waals surface area contributed by atoms with Gasteiger partial charge in [0, 0.05) is 33.2 Å². The minimum atomic E-state index is -5.07. The molecule has 0 amide bonds. The summed E-state index contributed by atoms with van der Waals surface area (Å²) in [4.78, 5) is 5.36. The topological polar surface area (TPSA) is 40.6 Å². The van der Waals surface area contributed by atoms with Crippen molar-refractivity contribution >= 4 is 5.96 Å². The fraction of sp³-hybridized carbons (Fsp3) is 0.552. The molecule has 0 aliphatic carbocycles. The van der Waals surface area contributed by atoms with Gasteiger partial charge < -0.3 is 9.80 Å². The molecule has 16 heteroatoms. The molecule has 1 N–H and O–H groups in total. The Morgan fingerprint density at radius 1 is 0.778 bits per heavy atom. The predicted octanol–water partition coefficient (Wildman–Crippen LogP) is 6.65. The second-order valence-corrected chi connectivity index (χ2v) is 11.3. The van der Waals surface area contributed by atoms with Crippen LogP contribution in [0.15, 0.2) is 41.5 Å². The Kier molecular flexibility index (Phi) is 11.3. The smallest absolute Gasteiger partial charge is 0.332 e. The van der Waals surface area contributed by atoms with Gasteiger partial charge in [-0.25, -0.2) is 5.12 Å². The van der Waals surface area contributed by atoms with Gasteiger partial charge >= 0.3 is 18.5 Å². The fourth-order valence-electron chi connectivity index (χ4n) is 5.13. The number of alkyl halides is 9. The molecule has 252 valence electrons. The molecule has 0 bridgehead atoms. The Morgan fingerprint density at radius 3 is 1.82 bits per heavy atom. The van der Waals surface area contributed by atoms with Crippen molar-refractivity contribution in [2.45, 2.75) is 57.4 Å². The summed E-state index contributed by atoms with van der Waals surface area (Å²) in [5.41, 5.74) is -0.639. The van der Waals surface area contributed by atoms with Gasteiger partial charge in [-0.2, -0.15) is 39.5 Å². The summed E-state index contributed by atoms with van der Waals surface area (Å²) in [7, 11) is 8.81. The third-order valence-electron chi connectivity index (χ3n) is 7.48. The number of nitrogens with zero attached hydrogens (tertiary/aromatic N) is 6. The summed E-state index contributed by atoms with van der Waals surface area (Å²) in [5.74, 6) is 0.0294. The van der Waals surface area contributed by atoms with Crippen molar-refractivity contribution in [1.29, 1.82) is 0 Å². The van der Waals surface area contributed by atoms with Gasteiger partial charge in [-0.1, -0.05) is 13.0 Å². The van der Waals surface area contributed by atoms with Crippen LogP contribution in [0.5, 0.6) is 0 Å². The molecule has 1 aliphatic rings. The number of hydrazine groups is 2. The fourth-order valence-corrected chi connectivity index (χ4v) is 5.13. The van der Waals surface area contributed by atoms with Crippen molar-refractivity contribution in [3.8, 4) is 0 Å². The van der Waals surface area contributed by atoms with Crippen molar-refractivity contribution in [3.05, 3.63) is 69.8 Å². The Hall–Kier alpha value is -3.24. The van der Waals surface area contributed by atoms with E-state index >= 15 is 0 Å². The number of nitrogens with one attached hydrogen (secondary N) is 1. The summed E-state index contributed by atoms with van der Waals surface area (Å²) in [6, 6.07) is 4.27. The quantitative estimate of drug-likeness (QED) is 0.274. The largest absolute Gasteiger partial charge is 0.416 e. The normalized spacial score (nSPS) is 15.6. The van der Waals surface area contributed by atoms with Gasteiger partial charge in [0.25, 0.3) is 0 Å². The third kappa shape index (κ3) is 9.63. The van der Waals surface area contributed by atoms with Crippen LogP contribution in [-0.2, 0) is 31.6 Å². The number of hydrogen-bond acceptors (Lipinski definition) is 7. The number of benzene rings is 2. The number of rotatable bonds is 11. The van der Waals surface area contributed by atoms with Crippen LogP contribution in [0.1, 0.15) is 59.2 Å². The first-order valence-corrected chi connectivity index (χ1v) is 14.1. The third-order valence-corrected chi connectivity index (χ3v) is 7.48. The van der Waals surface area contributed by atoms with E-state index in [-0.39, 0.29) is 35.7 Å². The van der Waals surface area contributed by atoms with Crippen molar-refractivity contribution in [2.24, 2.45) is 5.10 Å². The molecular formula is C29H38F9N7. The van der Waals surface area contributed by atoms with Crippen molar-refractivity contribution < 1.29 is 39.5 Å². The average Bonchev–Trinajstić information content (AvgIpc) is 3.25. The first kappa shape index (κ1) is 36.2. The molecule has 1 atom stereocenters. The SMILES string of the molecule is CCC(c1ccc(C(F)(F)F)cc1CN(Cc1cc(C(F)(F)F)cc(C(F)(F)F)c1)C1=NN(C)N(C)N1)N(C)CCCN(C)C. The second-order valence-electron chi connectivity index (χ2n) is 11.3. The highest BCUT2D eigenvalue weighted by molar-refractivity contribution is 5.80. The molecule has 2 aromatic carbocycles. The van der Waals surface area contributed by atoms with Gasteiger partial charge in [0.1, 0.15) is 0 Å². The first-order chi connectivity index (χ1) is 20.7. The molecule has 1 heterocycles. The van der Waals surface area contributed by atoms with Crippen molar-refractivity contribution in [2.75, 3.05) is 48.3 Å². The van der Waals surface area contributed by atoms with Crippen LogP contribution in [0.3, 0.4) is 0 Å². The van der Waals surface area contributed by atoms with Crippen LogP contribution in [0.4, 0.5) is 39.5 Å². The average molecular weight is 656 g/mol. The van der Waals surface area contributed by atoms with E-state index < -0.39 is 41.8 Å². The zero-order valence-electron chi connectivity index (χ0n) is 25.9. The number of hydrazone groups is 1. The van der Waals surface area contributed by atoms with Crippen LogP contribution in [-0.4, -0.2) is 79.2 Å². The van der Waals surface area contributed by atoms with E-state index in [2.05, 4.69) is 10.5 Å². The highest BCUT2D eigenvalue weighted by Gasteiger charge is 2.38. The molecule has 0 aromatic heterocycles. The Labute approximate surface area is 256 Å². The van der Waals surface area contributed by atoms with Gasteiger partial charge in [0.2, 0.25) is 5.96 Å². The van der Waals surface area contributed by atoms with Gasteiger partial charge in [-0.15, -0.1) is 10.2 Å². The maximum atomic E-state index is 13.9. The number of hydrogen-bond donors (Lipinski definition) is 1. The van der Waals surface area contributed by atoms with Gasteiger partial charge in [0.05, 0.1) is 16.7 Å². The van der Waals surface area contributed by atoms with Gasteiger partial charge in [-0.3, -0.25) is 10.3 Å². The van der Waals surface area contributed by atoms with Crippen LogP contribution in [0.2, 0.25) is 0 Å². The molecule has 0 saturated heterocycles. The van der Waals surface area contributed by atoms with E-state index in [1.54, 1.807) is 7.05 Å². The molecule has 2 aromatic rings. The van der Waals surface area contributed by atoms with Crippen LogP contribution in [0.25, 0.3) is 0 Å². The van der Waals surface area contributed by atoms with E-state index in [4.69, 9.17) is 0 Å². The van der Waals surface area contributed by atoms with Gasteiger partial charge in [0.15, 0.2) is 0 Å². The number of guanidine groups is 1. The molecule has 0 fully saturated rings. The Balaban J connectivity index is 2.13. The van der Waals surface area contributed by atoms with E-state index in [9.17, 15) is 39.5 Å². The molecule has 1 unspecified atom stereocenters. The van der Waals surface area contributed by atoms with E-state index in [0.29, 0.717) is 30.7 Å². The lowest BCUT2D eigenvalue weighted by molar-refractivity contribution is -0.143. The van der Waals surface area contributed by atoms with Crippen molar-refractivity contribution in [1.82, 2.24) is 30.4 Å². The summed E-state index contributed by atoms with van der Waals surface area (Å²) in [5, 5.41) is 7.00. The molecule has 1 aliphatic heterocycles. The zero-order chi connectivity index (χ0) is 33.9. The molecule has 0 radical (unpaired) electrons. The van der Waals surface area contributed by atoms with Crippen LogP contribution < -0.4 is 5.43 Å². The predicted molar refractivity (Wildman–Crippen MR) is 152 cm³/mol. The lowest BCUT2D eigenvalue weighted by Crippen LogP contribution is -2.45. The molecule has 3 rings (SSSR count). The number of halogens is 9. The summed E-state index contributed by atoms with van der Waals surface area (Å²) in [6.07, 6.45) is -13.5. The van der Waals surface area contributed by atoms with Crippen LogP contribution in [0, 0.1) is 0 Å². The standard InChI is InChI=1S/C29H38F9N7/c1-7-25(42(4)12-8-11-41(2)3)24-10-9-21(27(30,31)32)15-20(24)18-45(26-39-43(5)44(6)40-26)17-19-13-22(28(33,34)35)16-23(14-19)29(36,37)38/h9-10,13-16,25H,7-8,11-12,17-18H2,1-6H3,(H,39,40). The first-order valence-electron chi connectivity index (χ1n) is 14.1. The molecule has 0 saturated carbocycles. The van der Waals surface area contributed by atoms with Crippen LogP contribution >= 0.6 is 0 Å². The van der Waals surface area contributed by atoms with Crippen molar-refractivity contribution in [3.63, 3.8) is 0 Å². The van der Waals surface area contributed by atoms with Gasteiger partial charge in [-0.05, 0) is 94.1 Å². The van der Waals surface area contributed by atoms with E-state index in [0.717, 1.165) is 25.1 Å². The minimum Gasteiger partial charge on any atom is -0.332 e. The Bertz CT molecular complexity index is 1290. The second kappa shape index (κ2) is 14.0. The molecule has 45 heavy (non-hydrogen) atoms.